The van der Waals surface area contributed by atoms with Crippen LogP contribution in [-0.2, 0) is 0 Å². The molecule has 12 nitrogen and oxygen atoms in total. The van der Waals surface area contributed by atoms with E-state index in [1.165, 1.54) is 33.4 Å². The Bertz CT molecular complexity index is 4110. The van der Waals surface area contributed by atoms with E-state index in [1.807, 2.05) is 73.6 Å². The summed E-state index contributed by atoms with van der Waals surface area (Å²) in [4.78, 5) is 61.3. The van der Waals surface area contributed by atoms with Gasteiger partial charge >= 0.3 is 0 Å². The second-order valence-electron chi connectivity index (χ2n) is 17.9. The second-order valence-corrected chi connectivity index (χ2v) is 17.9. The number of hydrogen-bond acceptors (Lipinski definition) is 12. The molecule has 0 atom stereocenters. The van der Waals surface area contributed by atoms with Crippen molar-refractivity contribution in [3.05, 3.63) is 180 Å². The van der Waals surface area contributed by atoms with E-state index >= 15 is 0 Å². The zero-order valence-corrected chi connectivity index (χ0v) is 35.4. The highest BCUT2D eigenvalue weighted by Crippen LogP contribution is 2.57. The van der Waals surface area contributed by atoms with Gasteiger partial charge < -0.3 is 0 Å². The van der Waals surface area contributed by atoms with Gasteiger partial charge in [0.05, 0.1) is 99.3 Å². The standard InChI is InChI=1S/C56H26N12/c1-7-25-45(57-13-1)46-26(8-2-14-58-46)52-51(25)63-37-19-31-32(20-38(37)64-52)44-35-23-41-39(65-53-27-9-3-15-59-47(27)49-29(55(53)67-41)11-5-17-61-49)21-33(35)43(31)34-22-40-42(24-36(34)44)68-56-30-12-6-18-62-50(30)48-28(54(56)66-40)10-4-16-60-48/h1-24,43-44H. The summed E-state index contributed by atoms with van der Waals surface area (Å²) in [5.41, 5.74) is 21.7. The number of hydrogen-bond donors (Lipinski definition) is 0. The molecule has 0 saturated carbocycles. The third kappa shape index (κ3) is 4.34. The van der Waals surface area contributed by atoms with Crippen molar-refractivity contribution in [2.45, 2.75) is 11.8 Å². The molecule has 12 heteroatoms. The smallest absolute Gasteiger partial charge is 0.0996 e. The maximum atomic E-state index is 5.44. The number of benzene rings is 6. The number of nitrogens with zero attached hydrogens (tertiary/aromatic N) is 12. The third-order valence-electron chi connectivity index (χ3n) is 14.5. The molecule has 0 N–H and O–H groups in total. The molecule has 18 rings (SSSR count). The molecule has 0 unspecified atom stereocenters. The summed E-state index contributed by atoms with van der Waals surface area (Å²) in [6.07, 6.45) is 10.9. The van der Waals surface area contributed by atoms with Crippen LogP contribution in [0.25, 0.3) is 132 Å². The van der Waals surface area contributed by atoms with Gasteiger partial charge in [-0.05, 0) is 143 Å². The number of aromatic nitrogens is 12. The number of pyridine rings is 6. The molecule has 68 heavy (non-hydrogen) atoms. The SMILES string of the molecule is c1cnc2c(c1)c1nc3cc4c(cc3nc1c1cccnc12)C1c2cc3nc5c6cccnc6c6ncccc6c5nc3cc2C4c2cc3nc4c5cccnc5c5ncccc5c4nc3cc21. The molecule has 9 heterocycles. The van der Waals surface area contributed by atoms with Gasteiger partial charge in [0.25, 0.3) is 0 Å². The number of fused-ring (bicyclic) bond motifs is 21. The summed E-state index contributed by atoms with van der Waals surface area (Å²) in [6.45, 7) is 0. The summed E-state index contributed by atoms with van der Waals surface area (Å²) in [7, 11) is 0. The maximum absolute atomic E-state index is 5.44. The Morgan fingerprint density at radius 2 is 0.397 bits per heavy atom. The van der Waals surface area contributed by atoms with Crippen LogP contribution in [0.4, 0.5) is 0 Å². The Balaban J connectivity index is 0.977. The third-order valence-corrected chi connectivity index (χ3v) is 14.5. The van der Waals surface area contributed by atoms with Gasteiger partial charge in [0.1, 0.15) is 0 Å². The topological polar surface area (TPSA) is 155 Å². The van der Waals surface area contributed by atoms with Crippen molar-refractivity contribution < 1.29 is 0 Å². The molecule has 0 spiro atoms. The zero-order chi connectivity index (χ0) is 43.9. The van der Waals surface area contributed by atoms with Crippen LogP contribution in [0.3, 0.4) is 0 Å². The predicted molar refractivity (Wildman–Crippen MR) is 265 cm³/mol. The zero-order valence-electron chi connectivity index (χ0n) is 35.4. The highest BCUT2D eigenvalue weighted by atomic mass is 14.9. The van der Waals surface area contributed by atoms with Crippen molar-refractivity contribution in [2.24, 2.45) is 0 Å². The van der Waals surface area contributed by atoms with E-state index in [4.69, 9.17) is 59.8 Å². The van der Waals surface area contributed by atoms with Crippen molar-refractivity contribution in [1.82, 2.24) is 59.8 Å². The molecule has 9 aromatic heterocycles. The fourth-order valence-electron chi connectivity index (χ4n) is 11.7. The minimum absolute atomic E-state index is 0.177. The van der Waals surface area contributed by atoms with E-state index in [9.17, 15) is 0 Å². The lowest BCUT2D eigenvalue weighted by molar-refractivity contribution is 0.759. The Morgan fingerprint density at radius 3 is 0.574 bits per heavy atom. The molecule has 3 aliphatic rings. The van der Waals surface area contributed by atoms with Crippen LogP contribution in [0, 0.1) is 0 Å². The van der Waals surface area contributed by atoms with E-state index in [0.717, 1.165) is 132 Å². The summed E-state index contributed by atoms with van der Waals surface area (Å²) >= 11 is 0. The van der Waals surface area contributed by atoms with Gasteiger partial charge in [-0.1, -0.05) is 0 Å². The van der Waals surface area contributed by atoms with Crippen LogP contribution < -0.4 is 0 Å². The summed E-state index contributed by atoms with van der Waals surface area (Å²) in [6, 6.07) is 37.7. The first-order valence-corrected chi connectivity index (χ1v) is 22.5. The van der Waals surface area contributed by atoms with Crippen LogP contribution in [0.2, 0.25) is 0 Å². The molecule has 15 aromatic rings. The molecule has 3 aliphatic carbocycles. The summed E-state index contributed by atoms with van der Waals surface area (Å²) in [5.74, 6) is -0.355. The van der Waals surface area contributed by atoms with Crippen LogP contribution in [0.5, 0.6) is 0 Å². The van der Waals surface area contributed by atoms with Gasteiger partial charge in [-0.25, -0.2) is 29.9 Å². The Kier molecular flexibility index (Phi) is 6.30. The van der Waals surface area contributed by atoms with Crippen molar-refractivity contribution in [1.29, 1.82) is 0 Å². The van der Waals surface area contributed by atoms with Gasteiger partial charge in [0.15, 0.2) is 0 Å². The van der Waals surface area contributed by atoms with Crippen molar-refractivity contribution in [2.75, 3.05) is 0 Å². The lowest BCUT2D eigenvalue weighted by Crippen LogP contribution is -2.28. The highest BCUT2D eigenvalue weighted by Gasteiger charge is 2.43. The molecule has 310 valence electrons. The van der Waals surface area contributed by atoms with Crippen molar-refractivity contribution in [3.63, 3.8) is 0 Å². The highest BCUT2D eigenvalue weighted by molar-refractivity contribution is 6.23. The van der Waals surface area contributed by atoms with Crippen molar-refractivity contribution >= 4 is 132 Å². The van der Waals surface area contributed by atoms with E-state index in [0.29, 0.717) is 0 Å². The van der Waals surface area contributed by atoms with E-state index in [1.54, 1.807) is 0 Å². The van der Waals surface area contributed by atoms with Crippen LogP contribution in [0.1, 0.15) is 45.2 Å². The summed E-state index contributed by atoms with van der Waals surface area (Å²) < 4.78 is 0. The molecular formula is C56H26N12. The molecule has 6 aromatic carbocycles. The monoisotopic (exact) mass is 866 g/mol. The molecular weight excluding hydrogens is 841 g/mol. The average molecular weight is 867 g/mol. The van der Waals surface area contributed by atoms with Gasteiger partial charge in [-0.15, -0.1) is 0 Å². The van der Waals surface area contributed by atoms with E-state index in [-0.39, 0.29) is 11.8 Å². The lowest BCUT2D eigenvalue weighted by Gasteiger charge is -2.42. The molecule has 0 saturated heterocycles. The number of rotatable bonds is 0. The minimum atomic E-state index is -0.177. The average Bonchev–Trinajstić information content (AvgIpc) is 3.40. The normalized spacial score (nSPS) is 15.4. The minimum Gasteiger partial charge on any atom is -0.254 e. The fourth-order valence-corrected chi connectivity index (χ4v) is 11.7. The first-order valence-electron chi connectivity index (χ1n) is 22.5. The molecule has 2 bridgehead atoms. The van der Waals surface area contributed by atoms with Crippen LogP contribution in [0.15, 0.2) is 146 Å². The Hall–Kier alpha value is -9.42. The molecule has 0 radical (unpaired) electrons. The Morgan fingerprint density at radius 1 is 0.221 bits per heavy atom. The lowest BCUT2D eigenvalue weighted by atomic mass is 9.61. The van der Waals surface area contributed by atoms with Gasteiger partial charge in [-0.2, -0.15) is 0 Å². The van der Waals surface area contributed by atoms with E-state index in [2.05, 4.69) is 72.8 Å². The fraction of sp³-hybridized carbons (Fsp3) is 0.0357. The first-order chi connectivity index (χ1) is 33.7. The molecule has 0 amide bonds. The van der Waals surface area contributed by atoms with Crippen LogP contribution in [-0.4, -0.2) is 59.8 Å². The largest absolute Gasteiger partial charge is 0.254 e. The predicted octanol–water partition coefficient (Wildman–Crippen LogP) is 11.3. The molecule has 0 fully saturated rings. The quantitative estimate of drug-likeness (QED) is 0.105. The van der Waals surface area contributed by atoms with Gasteiger partial charge in [0.2, 0.25) is 0 Å². The first kappa shape index (κ1) is 34.9. The van der Waals surface area contributed by atoms with Gasteiger partial charge in [0, 0.05) is 81.3 Å². The molecule has 0 aliphatic heterocycles. The van der Waals surface area contributed by atoms with Crippen molar-refractivity contribution in [3.8, 4) is 0 Å². The van der Waals surface area contributed by atoms with Crippen LogP contribution >= 0.6 is 0 Å². The second kappa shape index (κ2) is 12.3. The van der Waals surface area contributed by atoms with E-state index < -0.39 is 0 Å². The maximum Gasteiger partial charge on any atom is 0.0996 e. The van der Waals surface area contributed by atoms with Gasteiger partial charge in [-0.3, -0.25) is 29.9 Å². The Labute approximate surface area is 381 Å². The summed E-state index contributed by atoms with van der Waals surface area (Å²) in [5, 5.41) is 5.53.